The lowest BCUT2D eigenvalue weighted by atomic mass is 9.64. The van der Waals surface area contributed by atoms with Gasteiger partial charge in [0, 0.05) is 10.8 Å². The van der Waals surface area contributed by atoms with Crippen molar-refractivity contribution in [2.24, 2.45) is 10.8 Å². The minimum Gasteiger partial charge on any atom is -0.465 e. The number of benzene rings is 1. The van der Waals surface area contributed by atoms with E-state index in [2.05, 4.69) is 13.0 Å². The minimum absolute atomic E-state index is 0.0398. The van der Waals surface area contributed by atoms with Crippen LogP contribution in [-0.4, -0.2) is 18.9 Å². The van der Waals surface area contributed by atoms with Gasteiger partial charge >= 0.3 is 5.97 Å². The van der Waals surface area contributed by atoms with Crippen LogP contribution in [0.3, 0.4) is 0 Å². The van der Waals surface area contributed by atoms with Crippen LogP contribution in [0.1, 0.15) is 38.2 Å². The average Bonchev–Trinajstić information content (AvgIpc) is 3.16. The highest BCUT2D eigenvalue weighted by Crippen LogP contribution is 2.59. The third-order valence-electron chi connectivity index (χ3n) is 5.44. The zero-order valence-electron chi connectivity index (χ0n) is 13.7. The molecular formula is C20H22O3. The fourth-order valence-corrected chi connectivity index (χ4v) is 4.05. The lowest BCUT2D eigenvalue weighted by Gasteiger charge is -2.37. The molecule has 1 fully saturated rings. The Morgan fingerprint density at radius 1 is 1.17 bits per heavy atom. The first kappa shape index (κ1) is 15.7. The van der Waals surface area contributed by atoms with Gasteiger partial charge in [0.2, 0.25) is 0 Å². The van der Waals surface area contributed by atoms with E-state index in [1.165, 1.54) is 7.11 Å². The van der Waals surface area contributed by atoms with Crippen molar-refractivity contribution in [3.8, 4) is 0 Å². The van der Waals surface area contributed by atoms with Crippen molar-refractivity contribution in [2.75, 3.05) is 7.11 Å². The predicted octanol–water partition coefficient (Wildman–Crippen LogP) is 3.95. The van der Waals surface area contributed by atoms with Crippen molar-refractivity contribution in [2.45, 2.75) is 32.6 Å². The maximum atomic E-state index is 13.0. The Labute approximate surface area is 137 Å². The number of hydrogen-bond donors (Lipinski definition) is 0. The second-order valence-electron chi connectivity index (χ2n) is 6.69. The van der Waals surface area contributed by atoms with Gasteiger partial charge in [-0.25, -0.2) is 4.79 Å². The van der Waals surface area contributed by atoms with Crippen LogP contribution in [0.15, 0.2) is 48.1 Å². The molecule has 0 N–H and O–H groups in total. The number of carbonyl (C=O) groups excluding carboxylic acids is 2. The molecule has 0 heterocycles. The quantitative estimate of drug-likeness (QED) is 0.627. The van der Waals surface area contributed by atoms with Gasteiger partial charge < -0.3 is 4.74 Å². The van der Waals surface area contributed by atoms with E-state index >= 15 is 0 Å². The number of rotatable bonds is 3. The second-order valence-corrected chi connectivity index (χ2v) is 6.69. The van der Waals surface area contributed by atoms with Crippen LogP contribution in [0, 0.1) is 10.8 Å². The summed E-state index contributed by atoms with van der Waals surface area (Å²) in [6.45, 7) is 2.06. The first-order chi connectivity index (χ1) is 11.0. The third-order valence-corrected chi connectivity index (χ3v) is 5.44. The molecular weight excluding hydrogens is 288 g/mol. The normalized spacial score (nSPS) is 26.0. The van der Waals surface area contributed by atoms with E-state index in [1.807, 2.05) is 42.5 Å². The zero-order valence-corrected chi connectivity index (χ0v) is 13.7. The molecule has 0 saturated heterocycles. The molecule has 3 heteroatoms. The molecule has 2 aliphatic carbocycles. The summed E-state index contributed by atoms with van der Waals surface area (Å²) in [4.78, 5) is 24.9. The van der Waals surface area contributed by atoms with Gasteiger partial charge in [-0.2, -0.15) is 0 Å². The van der Waals surface area contributed by atoms with Crippen molar-refractivity contribution >= 4 is 17.8 Å². The number of allylic oxidation sites excluding steroid dienone is 2. The number of Topliss-reactive ketones (excluding diaryl/α,β-unsaturated/α-hetero) is 1. The Kier molecular flexibility index (Phi) is 3.97. The molecule has 0 aliphatic heterocycles. The molecule has 0 bridgehead atoms. The van der Waals surface area contributed by atoms with Gasteiger partial charge in [-0.15, -0.1) is 0 Å². The molecule has 120 valence electrons. The summed E-state index contributed by atoms with van der Waals surface area (Å²) in [5, 5.41) is 0. The van der Waals surface area contributed by atoms with Gasteiger partial charge in [-0.3, -0.25) is 4.79 Å². The van der Waals surface area contributed by atoms with Crippen molar-refractivity contribution in [1.29, 1.82) is 0 Å². The summed E-state index contributed by atoms with van der Waals surface area (Å²) < 4.78 is 4.81. The van der Waals surface area contributed by atoms with Crippen LogP contribution < -0.4 is 0 Å². The lowest BCUT2D eigenvalue weighted by Crippen LogP contribution is -2.38. The summed E-state index contributed by atoms with van der Waals surface area (Å²) in [5.41, 5.74) is 0.380. The highest BCUT2D eigenvalue weighted by Gasteiger charge is 2.58. The highest BCUT2D eigenvalue weighted by atomic mass is 16.5. The molecule has 0 aromatic heterocycles. The molecule has 1 spiro atoms. The van der Waals surface area contributed by atoms with Gasteiger partial charge in [0.15, 0.2) is 5.78 Å². The summed E-state index contributed by atoms with van der Waals surface area (Å²) in [5.74, 6) is -0.555. The maximum Gasteiger partial charge on any atom is 0.341 e. The van der Waals surface area contributed by atoms with Crippen LogP contribution in [0.25, 0.3) is 6.08 Å². The summed E-state index contributed by atoms with van der Waals surface area (Å²) in [7, 11) is 1.33. The predicted molar refractivity (Wildman–Crippen MR) is 89.6 cm³/mol. The molecule has 0 unspecified atom stereocenters. The molecule has 3 rings (SSSR count). The summed E-state index contributed by atoms with van der Waals surface area (Å²) in [6, 6.07) is 10.0. The van der Waals surface area contributed by atoms with Gasteiger partial charge in [0.05, 0.1) is 7.11 Å². The molecule has 0 amide bonds. The first-order valence-electron chi connectivity index (χ1n) is 8.13. The molecule has 1 aromatic carbocycles. The molecule has 1 aromatic rings. The maximum absolute atomic E-state index is 13.0. The number of ether oxygens (including phenoxy) is 1. The second kappa shape index (κ2) is 5.80. The fraction of sp³-hybridized carbons (Fsp3) is 0.400. The smallest absolute Gasteiger partial charge is 0.341 e. The van der Waals surface area contributed by atoms with Crippen molar-refractivity contribution in [3.05, 3.63) is 53.6 Å². The zero-order chi connectivity index (χ0) is 16.5. The van der Waals surface area contributed by atoms with Crippen molar-refractivity contribution < 1.29 is 14.3 Å². The molecule has 1 saturated carbocycles. The van der Waals surface area contributed by atoms with Crippen molar-refractivity contribution in [3.63, 3.8) is 0 Å². The van der Waals surface area contributed by atoms with E-state index in [9.17, 15) is 9.59 Å². The van der Waals surface area contributed by atoms with Crippen LogP contribution in [0.4, 0.5) is 0 Å². The van der Waals surface area contributed by atoms with Crippen LogP contribution in [-0.2, 0) is 14.3 Å². The topological polar surface area (TPSA) is 43.4 Å². The number of esters is 1. The summed E-state index contributed by atoms with van der Waals surface area (Å²) >= 11 is 0. The van der Waals surface area contributed by atoms with E-state index in [4.69, 9.17) is 4.74 Å². The highest BCUT2D eigenvalue weighted by molar-refractivity contribution is 6.22. The molecule has 3 nitrogen and oxygen atoms in total. The number of ketones is 1. The Morgan fingerprint density at radius 2 is 1.83 bits per heavy atom. The van der Waals surface area contributed by atoms with Crippen LogP contribution in [0.5, 0.6) is 0 Å². The number of methoxy groups -OCH3 is 1. The van der Waals surface area contributed by atoms with E-state index in [1.54, 1.807) is 0 Å². The number of hydrogen-bond acceptors (Lipinski definition) is 3. The molecule has 1 atom stereocenters. The lowest BCUT2D eigenvalue weighted by molar-refractivity contribution is -0.139. The summed E-state index contributed by atoms with van der Waals surface area (Å²) in [6.07, 6.45) is 9.68. The fourth-order valence-electron chi connectivity index (χ4n) is 4.05. The van der Waals surface area contributed by atoms with Crippen LogP contribution in [0.2, 0.25) is 0 Å². The Balaban J connectivity index is 2.02. The van der Waals surface area contributed by atoms with Gasteiger partial charge in [-0.05, 0) is 18.4 Å². The van der Waals surface area contributed by atoms with E-state index in [0.717, 1.165) is 31.2 Å². The number of carbonyl (C=O) groups is 2. The van der Waals surface area contributed by atoms with Gasteiger partial charge in [0.1, 0.15) is 5.57 Å². The van der Waals surface area contributed by atoms with Crippen molar-refractivity contribution in [1.82, 2.24) is 0 Å². The van der Waals surface area contributed by atoms with Gasteiger partial charge in [0.25, 0.3) is 0 Å². The monoisotopic (exact) mass is 310 g/mol. The van der Waals surface area contributed by atoms with E-state index in [0.29, 0.717) is 0 Å². The van der Waals surface area contributed by atoms with E-state index in [-0.39, 0.29) is 11.4 Å². The SMILES string of the molecule is COC(=O)C1=C[C@](C)(/C=C/c2ccccc2)C2(CCCC2)C1=O. The molecule has 2 aliphatic rings. The van der Waals surface area contributed by atoms with Gasteiger partial charge in [-0.1, -0.05) is 68.3 Å². The standard InChI is InChI=1S/C20H22O3/c1-19(13-10-15-8-4-3-5-9-15)14-16(18(22)23-2)17(21)20(19)11-6-7-12-20/h3-5,8-10,13-14H,6-7,11-12H2,1-2H3/b13-10+/t19-/m0/s1. The minimum atomic E-state index is -0.516. The first-order valence-corrected chi connectivity index (χ1v) is 8.13. The molecule has 23 heavy (non-hydrogen) atoms. The third kappa shape index (κ3) is 2.44. The molecule has 0 radical (unpaired) electrons. The Bertz CT molecular complexity index is 678. The Hall–Kier alpha value is -2.16. The average molecular weight is 310 g/mol. The largest absolute Gasteiger partial charge is 0.465 e. The van der Waals surface area contributed by atoms with Crippen LogP contribution >= 0.6 is 0 Å². The Morgan fingerprint density at radius 3 is 2.43 bits per heavy atom. The van der Waals surface area contributed by atoms with E-state index < -0.39 is 16.8 Å².